The van der Waals surface area contributed by atoms with Crippen LogP contribution in [0.15, 0.2) is 72.9 Å². The summed E-state index contributed by atoms with van der Waals surface area (Å²) in [6.07, 6.45) is 61.0. The first kappa shape index (κ1) is 63.9. The summed E-state index contributed by atoms with van der Waals surface area (Å²) in [4.78, 5) is 46.1. The molecule has 386 valence electrons. The van der Waals surface area contributed by atoms with E-state index < -0.39 is 57.6 Å². The number of phosphoric acid groups is 1. The minimum absolute atomic E-state index is 0.0177. The van der Waals surface area contributed by atoms with Gasteiger partial charge in [0.2, 0.25) is 5.91 Å². The normalized spacial score (nSPS) is 14.1. The number of carboxylic acid groups (broad SMARTS) is 1. The first-order valence-corrected chi connectivity index (χ1v) is 28.0. The minimum atomic E-state index is -4.79. The van der Waals surface area contributed by atoms with Crippen LogP contribution in [0.25, 0.3) is 0 Å². The van der Waals surface area contributed by atoms with Crippen molar-refractivity contribution in [1.29, 1.82) is 0 Å². The zero-order valence-corrected chi connectivity index (χ0v) is 43.1. The van der Waals surface area contributed by atoms with E-state index in [9.17, 15) is 34.1 Å². The molecule has 3 atom stereocenters. The summed E-state index contributed by atoms with van der Waals surface area (Å²) in [6.45, 7) is 2.46. The van der Waals surface area contributed by atoms with Gasteiger partial charge in [-0.1, -0.05) is 234 Å². The number of esters is 1. The van der Waals surface area contributed by atoms with Crippen LogP contribution in [0.2, 0.25) is 0 Å². The van der Waals surface area contributed by atoms with Gasteiger partial charge < -0.3 is 25.2 Å². The van der Waals surface area contributed by atoms with Crippen LogP contribution in [0.5, 0.6) is 0 Å². The summed E-state index contributed by atoms with van der Waals surface area (Å²) in [5.74, 6) is -2.49. The average Bonchev–Trinajstić information content (AvgIpc) is 3.31. The second kappa shape index (κ2) is 49.3. The van der Waals surface area contributed by atoms with Gasteiger partial charge in [-0.2, -0.15) is 0 Å². The van der Waals surface area contributed by atoms with Crippen LogP contribution in [0.3, 0.4) is 0 Å². The molecule has 0 saturated heterocycles. The fourth-order valence-corrected chi connectivity index (χ4v) is 7.99. The maximum Gasteiger partial charge on any atom is 0.472 e. The van der Waals surface area contributed by atoms with Crippen molar-refractivity contribution in [2.75, 3.05) is 19.8 Å². The number of rotatable bonds is 49. The van der Waals surface area contributed by atoms with Gasteiger partial charge in [0.15, 0.2) is 6.04 Å². The Balaban J connectivity index is 3.86. The number of hydrogen-bond donors (Lipinski definition) is 4. The smallest absolute Gasteiger partial charge is 0.472 e. The van der Waals surface area contributed by atoms with Gasteiger partial charge in [-0.3, -0.25) is 18.6 Å². The highest BCUT2D eigenvalue weighted by Gasteiger charge is 2.28. The number of allylic oxidation sites excluding steroid dienone is 12. The lowest BCUT2D eigenvalue weighted by molar-refractivity contribution is -0.147. The Bertz CT molecular complexity index is 1410. The summed E-state index contributed by atoms with van der Waals surface area (Å²) < 4.78 is 26.9. The molecule has 0 heterocycles. The highest BCUT2D eigenvalue weighted by atomic mass is 31.2. The Kier molecular flexibility index (Phi) is 47.1. The maximum absolute atomic E-state index is 12.3. The Hall–Kier alpha value is -3.08. The standard InChI is InChI=1S/C55H96NO10P/c1-3-5-7-9-11-13-15-17-19-21-23-24-25-26-27-29-31-33-35-37-39-41-43-45-47-54(59)64-48-51(57)49-65-67(62,63)66-50-52(55(60)61)56-53(58)46-44-42-40-38-36-34-32-30-28-22-20-18-16-14-12-10-8-6-4-2/h6,8,12,14,18,20,28,30,34,36,40,42,51-52,57H,3-5,7,9-11,13,15-17,19,21-27,29,31-33,35,37-39,41,43-50H2,1-2H3,(H,56,58)(H,60,61)(H,62,63)/b8-6-,14-12-,20-18-,30-28-,36-34-,42-40-. The summed E-state index contributed by atoms with van der Waals surface area (Å²) in [6, 6.07) is -1.59. The summed E-state index contributed by atoms with van der Waals surface area (Å²) >= 11 is 0. The summed E-state index contributed by atoms with van der Waals surface area (Å²) in [5, 5.41) is 21.9. The van der Waals surface area contributed by atoms with E-state index in [1.807, 2.05) is 18.2 Å². The van der Waals surface area contributed by atoms with Crippen molar-refractivity contribution >= 4 is 25.7 Å². The Morgan fingerprint density at radius 3 is 1.24 bits per heavy atom. The predicted molar refractivity (Wildman–Crippen MR) is 277 cm³/mol. The number of aliphatic carboxylic acids is 1. The number of amides is 1. The van der Waals surface area contributed by atoms with Crippen molar-refractivity contribution < 1.29 is 47.8 Å². The van der Waals surface area contributed by atoms with E-state index >= 15 is 0 Å². The number of aliphatic hydroxyl groups is 1. The number of carbonyl (C=O) groups is 3. The van der Waals surface area contributed by atoms with Gasteiger partial charge >= 0.3 is 19.8 Å². The van der Waals surface area contributed by atoms with Gasteiger partial charge in [-0.05, 0) is 51.4 Å². The van der Waals surface area contributed by atoms with Gasteiger partial charge in [0.05, 0.1) is 13.2 Å². The molecule has 0 aliphatic rings. The monoisotopic (exact) mass is 962 g/mol. The van der Waals surface area contributed by atoms with Crippen LogP contribution in [0.4, 0.5) is 0 Å². The van der Waals surface area contributed by atoms with Crippen LogP contribution in [0, 0.1) is 0 Å². The van der Waals surface area contributed by atoms with E-state index in [1.54, 1.807) is 0 Å². The second-order valence-electron chi connectivity index (χ2n) is 17.7. The molecule has 0 rings (SSSR count). The highest BCUT2D eigenvalue weighted by molar-refractivity contribution is 7.47. The fraction of sp³-hybridized carbons (Fsp3) is 0.727. The Morgan fingerprint density at radius 2 is 0.851 bits per heavy atom. The molecule has 0 bridgehead atoms. The van der Waals surface area contributed by atoms with Gasteiger partial charge in [0.1, 0.15) is 12.7 Å². The van der Waals surface area contributed by atoms with Gasteiger partial charge in [0.25, 0.3) is 0 Å². The first-order chi connectivity index (χ1) is 32.6. The van der Waals surface area contributed by atoms with E-state index in [1.165, 1.54) is 128 Å². The van der Waals surface area contributed by atoms with Crippen LogP contribution in [-0.2, 0) is 32.7 Å². The predicted octanol–water partition coefficient (Wildman–Crippen LogP) is 14.8. The Morgan fingerprint density at radius 1 is 0.493 bits per heavy atom. The van der Waals surface area contributed by atoms with Gasteiger partial charge in [0, 0.05) is 12.8 Å². The van der Waals surface area contributed by atoms with Crippen molar-refractivity contribution in [3.8, 4) is 0 Å². The van der Waals surface area contributed by atoms with Crippen LogP contribution in [0.1, 0.15) is 226 Å². The number of nitrogens with one attached hydrogen (secondary N) is 1. The molecule has 0 aromatic heterocycles. The number of phosphoric ester groups is 1. The third-order valence-corrected chi connectivity index (χ3v) is 12.2. The molecule has 0 aromatic carbocycles. The zero-order chi connectivity index (χ0) is 49.2. The maximum atomic E-state index is 12.3. The lowest BCUT2D eigenvalue weighted by Crippen LogP contribution is -2.43. The molecule has 3 unspecified atom stereocenters. The molecule has 0 aromatic rings. The molecule has 0 aliphatic carbocycles. The SMILES string of the molecule is CC/C=C\C/C=C\C/C=C\C/C=C\C/C=C\C/C=C\CCC(=O)NC(COP(=O)(O)OCC(O)COC(=O)CCCCCCCCCCCCCCCCCCCCCCCCCC)C(=O)O. The van der Waals surface area contributed by atoms with E-state index in [-0.39, 0.29) is 12.8 Å². The number of aliphatic hydroxyl groups excluding tert-OH is 1. The molecule has 4 N–H and O–H groups in total. The largest absolute Gasteiger partial charge is 0.480 e. The number of unbranched alkanes of at least 4 members (excludes halogenated alkanes) is 23. The Labute approximate surface area is 408 Å². The molecule has 67 heavy (non-hydrogen) atoms. The summed E-state index contributed by atoms with van der Waals surface area (Å²) in [7, 11) is -4.79. The average molecular weight is 962 g/mol. The number of carbonyl (C=O) groups excluding carboxylic acids is 2. The second-order valence-corrected chi connectivity index (χ2v) is 19.1. The zero-order valence-electron chi connectivity index (χ0n) is 42.2. The molecule has 1 amide bonds. The van der Waals surface area contributed by atoms with Crippen molar-refractivity contribution in [2.24, 2.45) is 0 Å². The molecule has 0 spiro atoms. The fourth-order valence-electron chi connectivity index (χ4n) is 7.22. The van der Waals surface area contributed by atoms with Gasteiger partial charge in [-0.25, -0.2) is 9.36 Å². The van der Waals surface area contributed by atoms with E-state index in [4.69, 9.17) is 13.8 Å². The van der Waals surface area contributed by atoms with Crippen molar-refractivity contribution in [3.63, 3.8) is 0 Å². The molecular weight excluding hydrogens is 866 g/mol. The molecule has 0 radical (unpaired) electrons. The number of carboxylic acids is 1. The lowest BCUT2D eigenvalue weighted by atomic mass is 10.0. The molecule has 0 aliphatic heterocycles. The highest BCUT2D eigenvalue weighted by Crippen LogP contribution is 2.43. The number of ether oxygens (including phenoxy) is 1. The third kappa shape index (κ3) is 49.2. The first-order valence-electron chi connectivity index (χ1n) is 26.5. The van der Waals surface area contributed by atoms with E-state index in [0.29, 0.717) is 19.3 Å². The minimum Gasteiger partial charge on any atom is -0.480 e. The third-order valence-electron chi connectivity index (χ3n) is 11.3. The number of hydrogen-bond acceptors (Lipinski definition) is 8. The van der Waals surface area contributed by atoms with Crippen molar-refractivity contribution in [1.82, 2.24) is 5.32 Å². The quantitative estimate of drug-likeness (QED) is 0.0199. The van der Waals surface area contributed by atoms with Crippen LogP contribution < -0.4 is 5.32 Å². The van der Waals surface area contributed by atoms with Crippen molar-refractivity contribution in [3.05, 3.63) is 72.9 Å². The topological polar surface area (TPSA) is 169 Å². The van der Waals surface area contributed by atoms with Crippen LogP contribution >= 0.6 is 7.82 Å². The van der Waals surface area contributed by atoms with E-state index in [0.717, 1.165) is 51.4 Å². The lowest BCUT2D eigenvalue weighted by Gasteiger charge is -2.18. The van der Waals surface area contributed by atoms with Gasteiger partial charge in [-0.15, -0.1) is 0 Å². The molecule has 0 fully saturated rings. The molecule has 11 nitrogen and oxygen atoms in total. The molecule has 12 heteroatoms. The molecule has 0 saturated carbocycles. The van der Waals surface area contributed by atoms with Crippen molar-refractivity contribution in [2.45, 2.75) is 238 Å². The summed E-state index contributed by atoms with van der Waals surface area (Å²) in [5.41, 5.74) is 0. The molecular formula is C55H96NO10P. The van der Waals surface area contributed by atoms with E-state index in [2.05, 4.69) is 73.8 Å². The van der Waals surface area contributed by atoms with Crippen LogP contribution in [-0.4, -0.2) is 64.9 Å².